The lowest BCUT2D eigenvalue weighted by molar-refractivity contribution is -0.138. The molecule has 1 atom stereocenters. The fourth-order valence-electron chi connectivity index (χ4n) is 3.14. The van der Waals surface area contributed by atoms with Crippen molar-refractivity contribution in [2.75, 3.05) is 33.8 Å². The average molecular weight is 347 g/mol. The molecule has 0 aromatic heterocycles. The SMILES string of the molecule is CNCC(C)C(=O)N1CCC(C(=O)NCc2ccc(OC)cc2)CC1. The number of ether oxygens (including phenoxy) is 1. The van der Waals surface area contributed by atoms with E-state index in [0.717, 1.165) is 24.2 Å². The number of hydrogen-bond acceptors (Lipinski definition) is 4. The Hall–Kier alpha value is -2.08. The predicted octanol–water partition coefficient (Wildman–Crippen LogP) is 1.41. The number of nitrogens with zero attached hydrogens (tertiary/aromatic N) is 1. The molecule has 6 heteroatoms. The third-order valence-corrected chi connectivity index (χ3v) is 4.74. The van der Waals surface area contributed by atoms with Crippen LogP contribution in [-0.2, 0) is 16.1 Å². The molecule has 0 bridgehead atoms. The van der Waals surface area contributed by atoms with Gasteiger partial charge in [-0.05, 0) is 37.6 Å². The molecule has 1 heterocycles. The maximum Gasteiger partial charge on any atom is 0.226 e. The van der Waals surface area contributed by atoms with Gasteiger partial charge in [-0.25, -0.2) is 0 Å². The molecule has 138 valence electrons. The highest BCUT2D eigenvalue weighted by Crippen LogP contribution is 2.19. The van der Waals surface area contributed by atoms with Gasteiger partial charge in [0.2, 0.25) is 11.8 Å². The fourth-order valence-corrected chi connectivity index (χ4v) is 3.14. The molecule has 25 heavy (non-hydrogen) atoms. The number of methoxy groups -OCH3 is 1. The van der Waals surface area contributed by atoms with Gasteiger partial charge in [0, 0.05) is 38.0 Å². The van der Waals surface area contributed by atoms with E-state index in [1.165, 1.54) is 0 Å². The Balaban J connectivity index is 1.76. The average Bonchev–Trinajstić information content (AvgIpc) is 2.66. The molecule has 1 aliphatic rings. The summed E-state index contributed by atoms with van der Waals surface area (Å²) in [6, 6.07) is 7.67. The highest BCUT2D eigenvalue weighted by atomic mass is 16.5. The molecule has 2 amide bonds. The maximum absolute atomic E-state index is 12.4. The molecule has 1 aromatic rings. The van der Waals surface area contributed by atoms with E-state index in [-0.39, 0.29) is 23.7 Å². The van der Waals surface area contributed by atoms with Crippen LogP contribution in [0.25, 0.3) is 0 Å². The van der Waals surface area contributed by atoms with Crippen LogP contribution in [-0.4, -0.2) is 50.5 Å². The zero-order valence-corrected chi connectivity index (χ0v) is 15.4. The number of benzene rings is 1. The van der Waals surface area contributed by atoms with Gasteiger partial charge in [-0.1, -0.05) is 19.1 Å². The van der Waals surface area contributed by atoms with Crippen molar-refractivity contribution in [1.29, 1.82) is 0 Å². The van der Waals surface area contributed by atoms with Crippen LogP contribution in [0.5, 0.6) is 5.75 Å². The van der Waals surface area contributed by atoms with Crippen LogP contribution in [0.15, 0.2) is 24.3 Å². The number of carbonyl (C=O) groups excluding carboxylic acids is 2. The van der Waals surface area contributed by atoms with E-state index in [1.807, 2.05) is 43.1 Å². The summed E-state index contributed by atoms with van der Waals surface area (Å²) in [7, 11) is 3.48. The minimum absolute atomic E-state index is 0.0121. The minimum Gasteiger partial charge on any atom is -0.497 e. The number of nitrogens with one attached hydrogen (secondary N) is 2. The second kappa shape index (κ2) is 9.42. The van der Waals surface area contributed by atoms with Gasteiger partial charge in [0.05, 0.1) is 7.11 Å². The molecule has 0 aliphatic carbocycles. The Bertz CT molecular complexity index is 566. The van der Waals surface area contributed by atoms with Crippen LogP contribution in [0, 0.1) is 11.8 Å². The van der Waals surface area contributed by atoms with Crippen LogP contribution in [0.2, 0.25) is 0 Å². The Labute approximate surface area is 149 Å². The van der Waals surface area contributed by atoms with E-state index < -0.39 is 0 Å². The molecule has 1 unspecified atom stereocenters. The Morgan fingerprint density at radius 1 is 1.24 bits per heavy atom. The number of piperidine rings is 1. The zero-order valence-electron chi connectivity index (χ0n) is 15.4. The Kier molecular flexibility index (Phi) is 7.25. The van der Waals surface area contributed by atoms with Crippen molar-refractivity contribution in [3.05, 3.63) is 29.8 Å². The number of hydrogen-bond donors (Lipinski definition) is 2. The Morgan fingerprint density at radius 2 is 1.88 bits per heavy atom. The van der Waals surface area contributed by atoms with Gasteiger partial charge in [0.25, 0.3) is 0 Å². The lowest BCUT2D eigenvalue weighted by Crippen LogP contribution is -2.45. The monoisotopic (exact) mass is 347 g/mol. The van der Waals surface area contributed by atoms with Crippen LogP contribution in [0.3, 0.4) is 0 Å². The fraction of sp³-hybridized carbons (Fsp3) is 0.579. The van der Waals surface area contributed by atoms with Crippen LogP contribution >= 0.6 is 0 Å². The van der Waals surface area contributed by atoms with E-state index >= 15 is 0 Å². The summed E-state index contributed by atoms with van der Waals surface area (Å²) in [6.45, 7) is 4.45. The molecular weight excluding hydrogens is 318 g/mol. The number of likely N-dealkylation sites (tertiary alicyclic amines) is 1. The molecule has 0 radical (unpaired) electrons. The first-order chi connectivity index (χ1) is 12.0. The maximum atomic E-state index is 12.4. The summed E-state index contributed by atoms with van der Waals surface area (Å²) in [5, 5.41) is 6.03. The van der Waals surface area contributed by atoms with Crippen molar-refractivity contribution in [1.82, 2.24) is 15.5 Å². The molecule has 1 saturated heterocycles. The van der Waals surface area contributed by atoms with E-state index in [4.69, 9.17) is 4.74 Å². The van der Waals surface area contributed by atoms with Crippen molar-refractivity contribution in [3.63, 3.8) is 0 Å². The van der Waals surface area contributed by atoms with E-state index in [0.29, 0.717) is 26.2 Å². The van der Waals surface area contributed by atoms with Crippen molar-refractivity contribution < 1.29 is 14.3 Å². The lowest BCUT2D eigenvalue weighted by Gasteiger charge is -2.33. The molecule has 2 N–H and O–H groups in total. The first-order valence-electron chi connectivity index (χ1n) is 8.89. The first-order valence-corrected chi connectivity index (χ1v) is 8.89. The number of amides is 2. The van der Waals surface area contributed by atoms with Gasteiger partial charge in [-0.15, -0.1) is 0 Å². The normalized spacial score (nSPS) is 16.4. The van der Waals surface area contributed by atoms with Crippen molar-refractivity contribution >= 4 is 11.8 Å². The highest BCUT2D eigenvalue weighted by Gasteiger charge is 2.28. The summed E-state index contributed by atoms with van der Waals surface area (Å²) in [5.41, 5.74) is 1.04. The number of carbonyl (C=O) groups is 2. The molecule has 1 aliphatic heterocycles. The summed E-state index contributed by atoms with van der Waals surface area (Å²) in [4.78, 5) is 26.5. The van der Waals surface area contributed by atoms with Crippen LogP contribution in [0.1, 0.15) is 25.3 Å². The minimum atomic E-state index is -0.0227. The summed E-state index contributed by atoms with van der Waals surface area (Å²) < 4.78 is 5.13. The van der Waals surface area contributed by atoms with Crippen LogP contribution in [0.4, 0.5) is 0 Å². The highest BCUT2D eigenvalue weighted by molar-refractivity contribution is 5.81. The van der Waals surface area contributed by atoms with Crippen molar-refractivity contribution in [2.45, 2.75) is 26.3 Å². The predicted molar refractivity (Wildman–Crippen MR) is 97.2 cm³/mol. The van der Waals surface area contributed by atoms with E-state index in [2.05, 4.69) is 10.6 Å². The van der Waals surface area contributed by atoms with Crippen LogP contribution < -0.4 is 15.4 Å². The standard InChI is InChI=1S/C19H29N3O3/c1-14(12-20-2)19(24)22-10-8-16(9-11-22)18(23)21-13-15-4-6-17(25-3)7-5-15/h4-7,14,16,20H,8-13H2,1-3H3,(H,21,23). The van der Waals surface area contributed by atoms with Crippen molar-refractivity contribution in [3.8, 4) is 5.75 Å². The van der Waals surface area contributed by atoms with E-state index in [1.54, 1.807) is 7.11 Å². The Morgan fingerprint density at radius 3 is 2.44 bits per heavy atom. The molecule has 1 fully saturated rings. The number of rotatable bonds is 7. The van der Waals surface area contributed by atoms with Gasteiger partial charge in [0.1, 0.15) is 5.75 Å². The zero-order chi connectivity index (χ0) is 18.2. The topological polar surface area (TPSA) is 70.7 Å². The first kappa shape index (κ1) is 19.2. The molecule has 2 rings (SSSR count). The van der Waals surface area contributed by atoms with E-state index in [9.17, 15) is 9.59 Å². The summed E-state index contributed by atoms with van der Waals surface area (Å²) >= 11 is 0. The third-order valence-electron chi connectivity index (χ3n) is 4.74. The quantitative estimate of drug-likeness (QED) is 0.782. The van der Waals surface area contributed by atoms with Gasteiger partial charge in [0.15, 0.2) is 0 Å². The molecule has 0 saturated carbocycles. The van der Waals surface area contributed by atoms with Gasteiger partial charge in [-0.2, -0.15) is 0 Å². The molecule has 1 aromatic carbocycles. The summed E-state index contributed by atoms with van der Waals surface area (Å²) in [5.74, 6) is 1.02. The molecular formula is C19H29N3O3. The lowest BCUT2D eigenvalue weighted by atomic mass is 9.95. The van der Waals surface area contributed by atoms with Gasteiger partial charge >= 0.3 is 0 Å². The largest absolute Gasteiger partial charge is 0.497 e. The smallest absolute Gasteiger partial charge is 0.226 e. The second-order valence-corrected chi connectivity index (χ2v) is 6.62. The third kappa shape index (κ3) is 5.46. The molecule has 0 spiro atoms. The second-order valence-electron chi connectivity index (χ2n) is 6.62. The molecule has 6 nitrogen and oxygen atoms in total. The van der Waals surface area contributed by atoms with Crippen molar-refractivity contribution in [2.24, 2.45) is 11.8 Å². The summed E-state index contributed by atoms with van der Waals surface area (Å²) in [6.07, 6.45) is 1.46. The van der Waals surface area contributed by atoms with Gasteiger partial charge < -0.3 is 20.3 Å². The van der Waals surface area contributed by atoms with Gasteiger partial charge in [-0.3, -0.25) is 9.59 Å².